The molecule has 0 amide bonds. The number of esters is 1. The molecule has 1 rings (SSSR count). The van der Waals surface area contributed by atoms with Gasteiger partial charge in [-0.05, 0) is 44.7 Å². The molecule has 0 saturated carbocycles. The van der Waals surface area contributed by atoms with Gasteiger partial charge in [-0.3, -0.25) is 4.79 Å². The highest BCUT2D eigenvalue weighted by molar-refractivity contribution is 5.75. The van der Waals surface area contributed by atoms with E-state index in [0.717, 1.165) is 24.8 Å². The molecule has 0 spiro atoms. The van der Waals surface area contributed by atoms with Crippen molar-refractivity contribution in [2.75, 3.05) is 0 Å². The number of aryl methyl sites for hydroxylation is 1. The second kappa shape index (κ2) is 8.74. The van der Waals surface area contributed by atoms with Crippen molar-refractivity contribution in [2.45, 2.75) is 59.1 Å². The quantitative estimate of drug-likeness (QED) is 0.589. The first kappa shape index (κ1) is 18.4. The van der Waals surface area contributed by atoms with E-state index >= 15 is 0 Å². The van der Waals surface area contributed by atoms with E-state index in [1.54, 1.807) is 6.92 Å². The molecule has 3 nitrogen and oxygen atoms in total. The van der Waals surface area contributed by atoms with E-state index in [-0.39, 0.29) is 18.0 Å². The maximum atomic E-state index is 11.7. The van der Waals surface area contributed by atoms with E-state index in [4.69, 9.17) is 10.5 Å². The van der Waals surface area contributed by atoms with Gasteiger partial charge in [-0.2, -0.15) is 0 Å². The summed E-state index contributed by atoms with van der Waals surface area (Å²) in [6, 6.07) is 8.01. The van der Waals surface area contributed by atoms with E-state index < -0.39 is 6.04 Å². The first-order chi connectivity index (χ1) is 10.3. The number of benzene rings is 1. The second-order valence-corrected chi connectivity index (χ2v) is 6.16. The van der Waals surface area contributed by atoms with Gasteiger partial charge >= 0.3 is 5.97 Å². The van der Waals surface area contributed by atoms with E-state index in [1.807, 2.05) is 13.8 Å². The molecule has 2 N–H and O–H groups in total. The molecule has 1 aromatic carbocycles. The predicted molar refractivity (Wildman–Crippen MR) is 91.6 cm³/mol. The molecular weight excluding hydrogens is 274 g/mol. The van der Waals surface area contributed by atoms with Crippen LogP contribution in [0.15, 0.2) is 36.4 Å². The topological polar surface area (TPSA) is 52.3 Å². The zero-order valence-corrected chi connectivity index (χ0v) is 14.3. The van der Waals surface area contributed by atoms with Gasteiger partial charge in [0.2, 0.25) is 0 Å². The summed E-state index contributed by atoms with van der Waals surface area (Å²) >= 11 is 0. The summed E-state index contributed by atoms with van der Waals surface area (Å²) in [5.41, 5.74) is 9.19. The number of ether oxygens (including phenoxy) is 1. The minimum Gasteiger partial charge on any atom is -0.461 e. The van der Waals surface area contributed by atoms with Crippen LogP contribution >= 0.6 is 0 Å². The van der Waals surface area contributed by atoms with Gasteiger partial charge in [0.15, 0.2) is 0 Å². The highest BCUT2D eigenvalue weighted by atomic mass is 16.5. The SMILES string of the molecule is C=C(C)[C@@H](Cc1cccc(CCC)c1)[C@H](C)OC(=O)[C@H](C)N. The molecule has 3 atom stereocenters. The van der Waals surface area contributed by atoms with Crippen molar-refractivity contribution in [3.63, 3.8) is 0 Å². The first-order valence-corrected chi connectivity index (χ1v) is 8.04. The average molecular weight is 303 g/mol. The lowest BCUT2D eigenvalue weighted by Gasteiger charge is -2.25. The van der Waals surface area contributed by atoms with Crippen molar-refractivity contribution in [3.8, 4) is 0 Å². The van der Waals surface area contributed by atoms with Gasteiger partial charge in [0.25, 0.3) is 0 Å². The number of nitrogens with two attached hydrogens (primary N) is 1. The van der Waals surface area contributed by atoms with Crippen molar-refractivity contribution in [1.29, 1.82) is 0 Å². The third kappa shape index (κ3) is 5.64. The van der Waals surface area contributed by atoms with Crippen molar-refractivity contribution >= 4 is 5.97 Å². The van der Waals surface area contributed by atoms with Gasteiger partial charge in [0.1, 0.15) is 12.1 Å². The maximum absolute atomic E-state index is 11.7. The Kier molecular flexibility index (Phi) is 7.33. The van der Waals surface area contributed by atoms with E-state index in [1.165, 1.54) is 11.1 Å². The Morgan fingerprint density at radius 1 is 1.32 bits per heavy atom. The minimum absolute atomic E-state index is 0.0968. The number of rotatable bonds is 8. The molecular formula is C19H29NO2. The second-order valence-electron chi connectivity index (χ2n) is 6.16. The molecule has 0 aliphatic heterocycles. The summed E-state index contributed by atoms with van der Waals surface area (Å²) in [6.45, 7) is 11.8. The summed E-state index contributed by atoms with van der Waals surface area (Å²) in [5.74, 6) is -0.266. The summed E-state index contributed by atoms with van der Waals surface area (Å²) < 4.78 is 5.46. The van der Waals surface area contributed by atoms with Crippen LogP contribution in [-0.2, 0) is 22.4 Å². The van der Waals surface area contributed by atoms with E-state index in [9.17, 15) is 4.79 Å². The predicted octanol–water partition coefficient (Wildman–Crippen LogP) is 3.65. The molecule has 0 fully saturated rings. The summed E-state index contributed by atoms with van der Waals surface area (Å²) in [6.07, 6.45) is 2.81. The van der Waals surface area contributed by atoms with Crippen LogP contribution in [0.25, 0.3) is 0 Å². The summed E-state index contributed by atoms with van der Waals surface area (Å²) in [7, 11) is 0. The van der Waals surface area contributed by atoms with Crippen LogP contribution in [0.4, 0.5) is 0 Å². The van der Waals surface area contributed by atoms with Crippen molar-refractivity contribution in [2.24, 2.45) is 11.7 Å². The van der Waals surface area contributed by atoms with E-state index in [0.29, 0.717) is 0 Å². The maximum Gasteiger partial charge on any atom is 0.322 e. The van der Waals surface area contributed by atoms with Crippen LogP contribution in [-0.4, -0.2) is 18.1 Å². The van der Waals surface area contributed by atoms with Gasteiger partial charge < -0.3 is 10.5 Å². The highest BCUT2D eigenvalue weighted by Crippen LogP contribution is 2.23. The van der Waals surface area contributed by atoms with Crippen molar-refractivity contribution in [3.05, 3.63) is 47.5 Å². The highest BCUT2D eigenvalue weighted by Gasteiger charge is 2.23. The van der Waals surface area contributed by atoms with Crippen LogP contribution in [0, 0.1) is 5.92 Å². The fourth-order valence-electron chi connectivity index (χ4n) is 2.57. The van der Waals surface area contributed by atoms with Gasteiger partial charge in [-0.15, -0.1) is 0 Å². The Morgan fingerprint density at radius 2 is 1.95 bits per heavy atom. The van der Waals surface area contributed by atoms with Crippen LogP contribution in [0.5, 0.6) is 0 Å². The fraction of sp³-hybridized carbons (Fsp3) is 0.526. The Hall–Kier alpha value is -1.61. The molecule has 0 radical (unpaired) electrons. The third-order valence-electron chi connectivity index (χ3n) is 3.86. The lowest BCUT2D eigenvalue weighted by molar-refractivity contribution is -0.151. The average Bonchev–Trinajstić information content (AvgIpc) is 2.45. The first-order valence-electron chi connectivity index (χ1n) is 8.04. The molecule has 0 saturated heterocycles. The molecule has 122 valence electrons. The fourth-order valence-corrected chi connectivity index (χ4v) is 2.57. The van der Waals surface area contributed by atoms with Crippen LogP contribution in [0.2, 0.25) is 0 Å². The minimum atomic E-state index is -0.596. The Labute approximate surface area is 134 Å². The summed E-state index contributed by atoms with van der Waals surface area (Å²) in [5, 5.41) is 0. The smallest absolute Gasteiger partial charge is 0.322 e. The number of carbonyl (C=O) groups excluding carboxylic acids is 1. The Bertz CT molecular complexity index is 508. The van der Waals surface area contributed by atoms with Gasteiger partial charge in [-0.1, -0.05) is 49.8 Å². The number of hydrogen-bond acceptors (Lipinski definition) is 3. The number of hydrogen-bond donors (Lipinski definition) is 1. The lowest BCUT2D eigenvalue weighted by Crippen LogP contribution is -2.34. The van der Waals surface area contributed by atoms with Crippen LogP contribution in [0.1, 0.15) is 45.2 Å². The standard InChI is InChI=1S/C19H29NO2/c1-6-8-16-9-7-10-17(11-16)12-18(13(2)3)15(5)22-19(21)14(4)20/h7,9-11,14-15,18H,2,6,8,12,20H2,1,3-5H3/t14-,15-,18+/m0/s1. The number of carbonyl (C=O) groups is 1. The van der Waals surface area contributed by atoms with Gasteiger partial charge in [-0.25, -0.2) is 0 Å². The molecule has 0 aromatic heterocycles. The molecule has 3 heteroatoms. The molecule has 0 unspecified atom stereocenters. The normalized spacial score (nSPS) is 15.0. The third-order valence-corrected chi connectivity index (χ3v) is 3.86. The lowest BCUT2D eigenvalue weighted by atomic mass is 9.88. The molecule has 0 heterocycles. The summed E-state index contributed by atoms with van der Waals surface area (Å²) in [4.78, 5) is 11.7. The monoisotopic (exact) mass is 303 g/mol. The largest absolute Gasteiger partial charge is 0.461 e. The van der Waals surface area contributed by atoms with Crippen molar-refractivity contribution < 1.29 is 9.53 Å². The van der Waals surface area contributed by atoms with E-state index in [2.05, 4.69) is 37.8 Å². The molecule has 22 heavy (non-hydrogen) atoms. The molecule has 0 bridgehead atoms. The van der Waals surface area contributed by atoms with Crippen LogP contribution in [0.3, 0.4) is 0 Å². The Morgan fingerprint density at radius 3 is 2.50 bits per heavy atom. The zero-order valence-electron chi connectivity index (χ0n) is 14.3. The zero-order chi connectivity index (χ0) is 16.7. The Balaban J connectivity index is 2.81. The molecule has 0 aliphatic carbocycles. The van der Waals surface area contributed by atoms with Crippen LogP contribution < -0.4 is 5.73 Å². The van der Waals surface area contributed by atoms with Gasteiger partial charge in [0.05, 0.1) is 0 Å². The van der Waals surface area contributed by atoms with Gasteiger partial charge in [0, 0.05) is 5.92 Å². The molecule has 0 aliphatic rings. The molecule has 1 aromatic rings. The van der Waals surface area contributed by atoms with Crippen molar-refractivity contribution in [1.82, 2.24) is 0 Å².